The lowest BCUT2D eigenvalue weighted by Gasteiger charge is -2.18. The van der Waals surface area contributed by atoms with Crippen molar-refractivity contribution in [3.63, 3.8) is 0 Å². The number of allylic oxidation sites excluding steroid dienone is 22. The second-order valence-electron chi connectivity index (χ2n) is 19.8. The van der Waals surface area contributed by atoms with Gasteiger partial charge in [-0.1, -0.05) is 257 Å². The van der Waals surface area contributed by atoms with E-state index in [4.69, 9.17) is 14.2 Å². The highest BCUT2D eigenvalue weighted by Gasteiger charge is 2.19. The first-order valence-corrected chi connectivity index (χ1v) is 30.7. The standard InChI is InChI=1S/C69H112O6/c1-4-7-10-13-16-19-22-25-27-29-30-31-32-33-34-35-36-37-38-40-41-44-47-50-53-56-59-62-68(71)74-65-66(64-73-67(70)61-58-55-52-49-46-43-24-21-18-15-12-9-6-3)75-69(72)63-60-57-54-51-48-45-42-39-28-26-23-20-17-14-11-8-5-2/h7-8,10-12,15-17,19-21,24-28,30-31,42,45,51,54,66H,4-6,9,13-14,18,22-23,29,32-41,43-44,46-50,52-53,55-65H2,1-3H3/b10-7-,11-8-,15-12-,19-16-,20-17-,24-21-,27-25-,28-26-,31-30-,45-42-,54-51-. The van der Waals surface area contributed by atoms with Crippen LogP contribution in [0.1, 0.15) is 265 Å². The first-order valence-electron chi connectivity index (χ1n) is 30.7. The Balaban J connectivity index is 4.36. The van der Waals surface area contributed by atoms with E-state index in [1.54, 1.807) is 0 Å². The molecule has 1 unspecified atom stereocenters. The van der Waals surface area contributed by atoms with Crippen LogP contribution in [0.2, 0.25) is 0 Å². The molecule has 0 aliphatic heterocycles. The predicted octanol–water partition coefficient (Wildman–Crippen LogP) is 21.0. The first kappa shape index (κ1) is 70.5. The number of carbonyl (C=O) groups excluding carboxylic acids is 3. The molecule has 0 bridgehead atoms. The van der Waals surface area contributed by atoms with E-state index in [1.807, 2.05) is 0 Å². The molecule has 75 heavy (non-hydrogen) atoms. The van der Waals surface area contributed by atoms with Gasteiger partial charge in [0.15, 0.2) is 6.10 Å². The van der Waals surface area contributed by atoms with Gasteiger partial charge in [-0.05, 0) is 122 Å². The van der Waals surface area contributed by atoms with Crippen molar-refractivity contribution in [1.82, 2.24) is 0 Å². The molecule has 0 spiro atoms. The van der Waals surface area contributed by atoms with E-state index in [0.29, 0.717) is 19.3 Å². The van der Waals surface area contributed by atoms with Crippen LogP contribution in [0.4, 0.5) is 0 Å². The number of unbranched alkanes of at least 4 members (excludes halogenated alkanes) is 21. The zero-order chi connectivity index (χ0) is 54.3. The second-order valence-corrected chi connectivity index (χ2v) is 19.8. The summed E-state index contributed by atoms with van der Waals surface area (Å²) in [4.78, 5) is 38.2. The Morgan fingerprint density at radius 1 is 0.280 bits per heavy atom. The normalized spacial score (nSPS) is 13.1. The van der Waals surface area contributed by atoms with Crippen LogP contribution >= 0.6 is 0 Å². The highest BCUT2D eigenvalue weighted by Crippen LogP contribution is 2.15. The second kappa shape index (κ2) is 62.1. The molecule has 0 heterocycles. The molecule has 0 aliphatic carbocycles. The van der Waals surface area contributed by atoms with Crippen LogP contribution in [-0.4, -0.2) is 37.2 Å². The van der Waals surface area contributed by atoms with E-state index in [0.717, 1.165) is 135 Å². The molecule has 1 atom stereocenters. The van der Waals surface area contributed by atoms with E-state index in [1.165, 1.54) is 83.5 Å². The van der Waals surface area contributed by atoms with E-state index in [2.05, 4.69) is 154 Å². The van der Waals surface area contributed by atoms with E-state index in [9.17, 15) is 14.4 Å². The van der Waals surface area contributed by atoms with Gasteiger partial charge in [-0.25, -0.2) is 0 Å². The number of carbonyl (C=O) groups is 3. The van der Waals surface area contributed by atoms with E-state index >= 15 is 0 Å². The SMILES string of the molecule is CC/C=C\C/C=C\C/C=C\C/C=C\C/C=C\CCCC(=O)OC(COC(=O)CCCCCCC/C=C\C/C=C\CCC)COC(=O)CCCCCCCCCCCCCCCC/C=C\C/C=C\C/C=C\C/C=C\CC. The van der Waals surface area contributed by atoms with Crippen molar-refractivity contribution in [3.8, 4) is 0 Å². The van der Waals surface area contributed by atoms with E-state index in [-0.39, 0.29) is 37.5 Å². The molecule has 0 radical (unpaired) electrons. The van der Waals surface area contributed by atoms with Gasteiger partial charge in [0.05, 0.1) is 0 Å². The maximum Gasteiger partial charge on any atom is 0.306 e. The Kier molecular flexibility index (Phi) is 58.4. The fourth-order valence-electron chi connectivity index (χ4n) is 8.10. The smallest absolute Gasteiger partial charge is 0.306 e. The van der Waals surface area contributed by atoms with Crippen molar-refractivity contribution < 1.29 is 28.6 Å². The molecule has 424 valence electrons. The lowest BCUT2D eigenvalue weighted by molar-refractivity contribution is -0.167. The van der Waals surface area contributed by atoms with Crippen LogP contribution in [-0.2, 0) is 28.6 Å². The Hall–Kier alpha value is -4.45. The molecule has 6 heteroatoms. The zero-order valence-electron chi connectivity index (χ0n) is 48.5. The van der Waals surface area contributed by atoms with Gasteiger partial charge in [0, 0.05) is 19.3 Å². The number of ether oxygens (including phenoxy) is 3. The van der Waals surface area contributed by atoms with Crippen LogP contribution in [0.3, 0.4) is 0 Å². The van der Waals surface area contributed by atoms with Crippen molar-refractivity contribution >= 4 is 17.9 Å². The van der Waals surface area contributed by atoms with Gasteiger partial charge in [0.2, 0.25) is 0 Å². The van der Waals surface area contributed by atoms with Crippen LogP contribution in [0.25, 0.3) is 0 Å². The van der Waals surface area contributed by atoms with E-state index < -0.39 is 6.10 Å². The van der Waals surface area contributed by atoms with Gasteiger partial charge in [-0.2, -0.15) is 0 Å². The topological polar surface area (TPSA) is 78.9 Å². The molecule has 0 fully saturated rings. The molecule has 0 aliphatic rings. The first-order chi connectivity index (χ1) is 37.0. The Morgan fingerprint density at radius 3 is 0.853 bits per heavy atom. The van der Waals surface area contributed by atoms with Crippen LogP contribution in [0.5, 0.6) is 0 Å². The molecule has 0 aromatic carbocycles. The average molecular weight is 1040 g/mol. The fraction of sp³-hybridized carbons (Fsp3) is 0.638. The fourth-order valence-corrected chi connectivity index (χ4v) is 8.10. The molecule has 0 aromatic rings. The van der Waals surface area contributed by atoms with Crippen LogP contribution in [0.15, 0.2) is 134 Å². The Bertz CT molecular complexity index is 1620. The molecular formula is C69H112O6. The summed E-state index contributed by atoms with van der Waals surface area (Å²) in [6, 6.07) is 0. The average Bonchev–Trinajstić information content (AvgIpc) is 3.41. The highest BCUT2D eigenvalue weighted by molar-refractivity contribution is 5.71. The van der Waals surface area contributed by atoms with Crippen molar-refractivity contribution in [2.24, 2.45) is 0 Å². The summed E-state index contributed by atoms with van der Waals surface area (Å²) in [7, 11) is 0. The number of hydrogen-bond donors (Lipinski definition) is 0. The maximum atomic E-state index is 12.9. The molecule has 0 N–H and O–H groups in total. The number of rotatable bonds is 54. The molecule has 0 amide bonds. The predicted molar refractivity (Wildman–Crippen MR) is 325 cm³/mol. The third-order valence-corrected chi connectivity index (χ3v) is 12.6. The van der Waals surface area contributed by atoms with Gasteiger partial charge in [-0.15, -0.1) is 0 Å². The minimum atomic E-state index is -0.818. The van der Waals surface area contributed by atoms with Gasteiger partial charge in [0.25, 0.3) is 0 Å². The lowest BCUT2D eigenvalue weighted by atomic mass is 10.0. The quantitative estimate of drug-likeness (QED) is 0.0261. The van der Waals surface area contributed by atoms with Gasteiger partial charge in [0.1, 0.15) is 13.2 Å². The van der Waals surface area contributed by atoms with Gasteiger partial charge in [-0.3, -0.25) is 14.4 Å². The minimum absolute atomic E-state index is 0.108. The summed E-state index contributed by atoms with van der Waals surface area (Å²) >= 11 is 0. The van der Waals surface area contributed by atoms with Crippen molar-refractivity contribution in [2.75, 3.05) is 13.2 Å². The third-order valence-electron chi connectivity index (χ3n) is 12.6. The Labute approximate surface area is 462 Å². The van der Waals surface area contributed by atoms with Crippen LogP contribution in [0, 0.1) is 0 Å². The highest BCUT2D eigenvalue weighted by atomic mass is 16.6. The summed E-state index contributed by atoms with van der Waals surface area (Å²) in [5, 5.41) is 0. The summed E-state index contributed by atoms with van der Waals surface area (Å²) in [5.74, 6) is -0.983. The third kappa shape index (κ3) is 60.3. The van der Waals surface area contributed by atoms with Crippen molar-refractivity contribution in [2.45, 2.75) is 271 Å². The van der Waals surface area contributed by atoms with Gasteiger partial charge < -0.3 is 14.2 Å². The monoisotopic (exact) mass is 1040 g/mol. The van der Waals surface area contributed by atoms with Crippen molar-refractivity contribution in [3.05, 3.63) is 134 Å². The Morgan fingerprint density at radius 2 is 0.533 bits per heavy atom. The summed E-state index contributed by atoms with van der Waals surface area (Å²) in [6.07, 6.45) is 87.5. The molecule has 0 rings (SSSR count). The molecule has 0 saturated carbocycles. The molecule has 0 saturated heterocycles. The molecule has 6 nitrogen and oxygen atoms in total. The van der Waals surface area contributed by atoms with Crippen molar-refractivity contribution in [1.29, 1.82) is 0 Å². The lowest BCUT2D eigenvalue weighted by Crippen LogP contribution is -2.30. The number of esters is 3. The maximum absolute atomic E-state index is 12.9. The summed E-state index contributed by atoms with van der Waals surface area (Å²) < 4.78 is 16.8. The number of hydrogen-bond acceptors (Lipinski definition) is 6. The largest absolute Gasteiger partial charge is 0.462 e. The summed E-state index contributed by atoms with van der Waals surface area (Å²) in [5.41, 5.74) is 0. The molecule has 0 aromatic heterocycles. The zero-order valence-corrected chi connectivity index (χ0v) is 48.5. The minimum Gasteiger partial charge on any atom is -0.462 e. The van der Waals surface area contributed by atoms with Crippen LogP contribution < -0.4 is 0 Å². The molecular weight excluding hydrogens is 925 g/mol. The summed E-state index contributed by atoms with van der Waals surface area (Å²) in [6.45, 7) is 6.29. The van der Waals surface area contributed by atoms with Gasteiger partial charge >= 0.3 is 17.9 Å².